The Morgan fingerprint density at radius 2 is 1.97 bits per heavy atom. The van der Waals surface area contributed by atoms with Crippen molar-refractivity contribution in [2.24, 2.45) is 0 Å². The highest BCUT2D eigenvalue weighted by molar-refractivity contribution is 6.04. The molecule has 0 saturated carbocycles. The van der Waals surface area contributed by atoms with E-state index >= 15 is 0 Å². The van der Waals surface area contributed by atoms with Crippen LogP contribution in [0.2, 0.25) is 0 Å². The lowest BCUT2D eigenvalue weighted by Gasteiger charge is -2.23. The van der Waals surface area contributed by atoms with E-state index in [9.17, 15) is 9.90 Å². The summed E-state index contributed by atoms with van der Waals surface area (Å²) >= 11 is 0. The maximum atomic E-state index is 12.6. The first-order valence-electron chi connectivity index (χ1n) is 10.8. The van der Waals surface area contributed by atoms with Gasteiger partial charge in [0, 0.05) is 60.6 Å². The molecule has 1 aliphatic heterocycles. The normalized spacial score (nSPS) is 14.2. The molecule has 3 aromatic heterocycles. The topological polar surface area (TPSA) is 109 Å². The third kappa shape index (κ3) is 5.27. The fourth-order valence-electron chi connectivity index (χ4n) is 3.78. The standard InChI is InChI=1S/C24H27N5O3/c1-16-21(14-20(15-27-16)28-24(31)18-2-6-25-7-3-18)19-12-22(17-4-10-32-11-5-17)29-23(13-19)26-8-9-30/h2-3,6-7,12-15,17,30H,4-5,8-11H2,1H3,(H,26,29)(H,28,31). The van der Waals surface area contributed by atoms with Crippen LogP contribution in [-0.2, 0) is 4.74 Å². The molecule has 8 heteroatoms. The van der Waals surface area contributed by atoms with Crippen LogP contribution in [0, 0.1) is 6.92 Å². The van der Waals surface area contributed by atoms with Gasteiger partial charge in [-0.2, -0.15) is 0 Å². The first-order chi connectivity index (χ1) is 15.6. The number of aryl methyl sites for hydroxylation is 1. The van der Waals surface area contributed by atoms with Gasteiger partial charge in [-0.15, -0.1) is 0 Å². The molecular weight excluding hydrogens is 406 g/mol. The summed E-state index contributed by atoms with van der Waals surface area (Å²) in [5, 5.41) is 15.3. The number of hydrogen-bond donors (Lipinski definition) is 3. The average Bonchev–Trinajstić information content (AvgIpc) is 2.84. The number of anilines is 2. The number of nitrogens with zero attached hydrogens (tertiary/aromatic N) is 3. The molecule has 32 heavy (non-hydrogen) atoms. The molecule has 4 rings (SSSR count). The summed E-state index contributed by atoms with van der Waals surface area (Å²) in [6, 6.07) is 9.32. The number of nitrogens with one attached hydrogen (secondary N) is 2. The summed E-state index contributed by atoms with van der Waals surface area (Å²) in [5.74, 6) is 0.816. The van der Waals surface area contributed by atoms with Gasteiger partial charge in [-0.05, 0) is 55.7 Å². The van der Waals surface area contributed by atoms with Crippen molar-refractivity contribution in [2.75, 3.05) is 37.0 Å². The van der Waals surface area contributed by atoms with Gasteiger partial charge in [0.25, 0.3) is 5.91 Å². The fraction of sp³-hybridized carbons (Fsp3) is 0.333. The third-order valence-corrected chi connectivity index (χ3v) is 5.50. The molecule has 3 aromatic rings. The van der Waals surface area contributed by atoms with E-state index in [1.807, 2.05) is 19.1 Å². The summed E-state index contributed by atoms with van der Waals surface area (Å²) in [6.07, 6.45) is 6.68. The highest BCUT2D eigenvalue weighted by Crippen LogP contribution is 2.32. The SMILES string of the molecule is Cc1ncc(NC(=O)c2ccncc2)cc1-c1cc(NCCO)nc(C2CCOCC2)c1. The van der Waals surface area contributed by atoms with Crippen LogP contribution >= 0.6 is 0 Å². The van der Waals surface area contributed by atoms with Crippen molar-refractivity contribution < 1.29 is 14.6 Å². The van der Waals surface area contributed by atoms with Gasteiger partial charge in [-0.25, -0.2) is 4.98 Å². The number of amides is 1. The number of aliphatic hydroxyl groups is 1. The molecule has 166 valence electrons. The molecule has 1 amide bonds. The second kappa shape index (κ2) is 10.3. The van der Waals surface area contributed by atoms with Gasteiger partial charge in [-0.3, -0.25) is 14.8 Å². The minimum Gasteiger partial charge on any atom is -0.395 e. The minimum absolute atomic E-state index is 0.0234. The summed E-state index contributed by atoms with van der Waals surface area (Å²) in [4.78, 5) is 25.8. The number of ether oxygens (including phenoxy) is 1. The quantitative estimate of drug-likeness (QED) is 0.524. The number of pyridine rings is 3. The van der Waals surface area contributed by atoms with Crippen LogP contribution in [-0.4, -0.2) is 52.3 Å². The molecule has 1 saturated heterocycles. The Morgan fingerprint density at radius 3 is 2.72 bits per heavy atom. The van der Waals surface area contributed by atoms with Gasteiger partial charge in [0.05, 0.1) is 18.5 Å². The zero-order valence-electron chi connectivity index (χ0n) is 18.0. The first kappa shape index (κ1) is 21.9. The van der Waals surface area contributed by atoms with Crippen molar-refractivity contribution in [1.82, 2.24) is 15.0 Å². The number of carbonyl (C=O) groups is 1. The average molecular weight is 434 g/mol. The van der Waals surface area contributed by atoms with E-state index < -0.39 is 0 Å². The maximum absolute atomic E-state index is 12.6. The van der Waals surface area contributed by atoms with Gasteiger partial charge >= 0.3 is 0 Å². The van der Waals surface area contributed by atoms with Crippen LogP contribution in [0.1, 0.15) is 40.5 Å². The second-order valence-corrected chi connectivity index (χ2v) is 7.75. The van der Waals surface area contributed by atoms with Crippen LogP contribution in [0.15, 0.2) is 48.9 Å². The van der Waals surface area contributed by atoms with Gasteiger partial charge in [0.15, 0.2) is 0 Å². The monoisotopic (exact) mass is 433 g/mol. The fourth-order valence-corrected chi connectivity index (χ4v) is 3.78. The zero-order valence-corrected chi connectivity index (χ0v) is 18.0. The Hall–Kier alpha value is -3.36. The van der Waals surface area contributed by atoms with Crippen LogP contribution in [0.3, 0.4) is 0 Å². The molecule has 1 fully saturated rings. The molecule has 8 nitrogen and oxygen atoms in total. The molecule has 3 N–H and O–H groups in total. The van der Waals surface area contributed by atoms with Crippen molar-refractivity contribution in [3.8, 4) is 11.1 Å². The molecule has 4 heterocycles. The number of rotatable bonds is 7. The molecular formula is C24H27N5O3. The van der Waals surface area contributed by atoms with Gasteiger partial charge < -0.3 is 20.5 Å². The van der Waals surface area contributed by atoms with Crippen molar-refractivity contribution in [1.29, 1.82) is 0 Å². The Labute approximate surface area is 187 Å². The van der Waals surface area contributed by atoms with Crippen LogP contribution in [0.5, 0.6) is 0 Å². The number of aliphatic hydroxyl groups excluding tert-OH is 1. The summed E-state index contributed by atoms with van der Waals surface area (Å²) in [7, 11) is 0. The molecule has 0 radical (unpaired) electrons. The Bertz CT molecular complexity index is 1070. The predicted octanol–water partition coefficient (Wildman–Crippen LogP) is 3.40. The van der Waals surface area contributed by atoms with Crippen LogP contribution in [0.4, 0.5) is 11.5 Å². The molecule has 0 unspecified atom stereocenters. The molecule has 1 aliphatic rings. The molecule has 0 atom stereocenters. The van der Waals surface area contributed by atoms with Crippen molar-refractivity contribution in [3.05, 3.63) is 65.9 Å². The van der Waals surface area contributed by atoms with Gasteiger partial charge in [0.1, 0.15) is 5.82 Å². The van der Waals surface area contributed by atoms with E-state index in [-0.39, 0.29) is 12.5 Å². The van der Waals surface area contributed by atoms with Crippen molar-refractivity contribution >= 4 is 17.4 Å². The van der Waals surface area contributed by atoms with E-state index in [0.717, 1.165) is 48.6 Å². The number of aromatic nitrogens is 3. The molecule has 0 bridgehead atoms. The lowest BCUT2D eigenvalue weighted by molar-refractivity contribution is 0.0845. The lowest BCUT2D eigenvalue weighted by atomic mass is 9.93. The molecule has 0 aliphatic carbocycles. The molecule has 0 aromatic carbocycles. The Morgan fingerprint density at radius 1 is 1.19 bits per heavy atom. The van der Waals surface area contributed by atoms with E-state index in [1.165, 1.54) is 0 Å². The predicted molar refractivity (Wildman–Crippen MR) is 123 cm³/mol. The van der Waals surface area contributed by atoms with E-state index in [4.69, 9.17) is 9.72 Å². The minimum atomic E-state index is -0.216. The van der Waals surface area contributed by atoms with Crippen LogP contribution in [0.25, 0.3) is 11.1 Å². The van der Waals surface area contributed by atoms with Crippen molar-refractivity contribution in [3.63, 3.8) is 0 Å². The van der Waals surface area contributed by atoms with Crippen molar-refractivity contribution in [2.45, 2.75) is 25.7 Å². The number of hydrogen-bond acceptors (Lipinski definition) is 7. The first-order valence-corrected chi connectivity index (χ1v) is 10.8. The summed E-state index contributed by atoms with van der Waals surface area (Å²) < 4.78 is 5.51. The van der Waals surface area contributed by atoms with Gasteiger partial charge in [-0.1, -0.05) is 0 Å². The molecule has 0 spiro atoms. The lowest BCUT2D eigenvalue weighted by Crippen LogP contribution is -2.16. The highest BCUT2D eigenvalue weighted by Gasteiger charge is 2.19. The smallest absolute Gasteiger partial charge is 0.255 e. The maximum Gasteiger partial charge on any atom is 0.255 e. The number of carbonyl (C=O) groups excluding carboxylic acids is 1. The summed E-state index contributed by atoms with van der Waals surface area (Å²) in [6.45, 7) is 3.85. The zero-order chi connectivity index (χ0) is 22.3. The Kier molecular flexibility index (Phi) is 7.03. The largest absolute Gasteiger partial charge is 0.395 e. The Balaban J connectivity index is 1.66. The second-order valence-electron chi connectivity index (χ2n) is 7.75. The highest BCUT2D eigenvalue weighted by atomic mass is 16.5. The van der Waals surface area contributed by atoms with Crippen LogP contribution < -0.4 is 10.6 Å². The van der Waals surface area contributed by atoms with Gasteiger partial charge in [0.2, 0.25) is 0 Å². The van der Waals surface area contributed by atoms with E-state index in [1.54, 1.807) is 30.7 Å². The third-order valence-electron chi connectivity index (χ3n) is 5.50. The summed E-state index contributed by atoms with van der Waals surface area (Å²) in [5.41, 5.74) is 4.87. The van der Waals surface area contributed by atoms with E-state index in [0.29, 0.717) is 29.5 Å². The van der Waals surface area contributed by atoms with E-state index in [2.05, 4.69) is 26.7 Å².